The van der Waals surface area contributed by atoms with E-state index in [2.05, 4.69) is 15.8 Å². The fourth-order valence-electron chi connectivity index (χ4n) is 1.96. The highest BCUT2D eigenvalue weighted by Crippen LogP contribution is 2.25. The van der Waals surface area contributed by atoms with Gasteiger partial charge in [-0.2, -0.15) is 0 Å². The lowest BCUT2D eigenvalue weighted by atomic mass is 10.1. The van der Waals surface area contributed by atoms with Gasteiger partial charge in [0.2, 0.25) is 5.91 Å². The average molecular weight is 315 g/mol. The SMILES string of the molecule is CCOC(=O)c1cc(-c2ccccc2)[nH]c1NNC(=O)C(C)C. The number of esters is 1. The summed E-state index contributed by atoms with van der Waals surface area (Å²) < 4.78 is 5.06. The van der Waals surface area contributed by atoms with E-state index in [1.807, 2.05) is 30.3 Å². The number of carbonyl (C=O) groups is 2. The smallest absolute Gasteiger partial charge is 0.341 e. The van der Waals surface area contributed by atoms with Gasteiger partial charge in [0.25, 0.3) is 0 Å². The van der Waals surface area contributed by atoms with Crippen LogP contribution in [0, 0.1) is 5.92 Å². The Bertz CT molecular complexity index is 678. The molecule has 0 radical (unpaired) electrons. The molecule has 1 heterocycles. The molecule has 122 valence electrons. The van der Waals surface area contributed by atoms with Crippen molar-refractivity contribution < 1.29 is 14.3 Å². The number of aromatic amines is 1. The molecule has 0 aliphatic heterocycles. The van der Waals surface area contributed by atoms with E-state index < -0.39 is 5.97 Å². The van der Waals surface area contributed by atoms with Gasteiger partial charge in [-0.05, 0) is 18.6 Å². The van der Waals surface area contributed by atoms with Crippen molar-refractivity contribution >= 4 is 17.7 Å². The molecule has 0 spiro atoms. The lowest BCUT2D eigenvalue weighted by Crippen LogP contribution is -2.33. The first kappa shape index (κ1) is 16.6. The molecule has 0 unspecified atom stereocenters. The number of benzene rings is 1. The Kier molecular flexibility index (Phi) is 5.41. The van der Waals surface area contributed by atoms with Gasteiger partial charge in [-0.15, -0.1) is 0 Å². The summed E-state index contributed by atoms with van der Waals surface area (Å²) in [7, 11) is 0. The molecule has 2 rings (SSSR count). The van der Waals surface area contributed by atoms with Crippen LogP contribution in [0.25, 0.3) is 11.3 Å². The maximum atomic E-state index is 12.1. The molecule has 1 aromatic heterocycles. The van der Waals surface area contributed by atoms with E-state index in [9.17, 15) is 9.59 Å². The molecular weight excluding hydrogens is 294 g/mol. The van der Waals surface area contributed by atoms with Crippen LogP contribution in [0.3, 0.4) is 0 Å². The van der Waals surface area contributed by atoms with Crippen LogP contribution in [0.2, 0.25) is 0 Å². The van der Waals surface area contributed by atoms with E-state index in [0.29, 0.717) is 11.4 Å². The number of nitrogens with one attached hydrogen (secondary N) is 3. The van der Waals surface area contributed by atoms with Crippen molar-refractivity contribution in [1.29, 1.82) is 0 Å². The topological polar surface area (TPSA) is 83.2 Å². The van der Waals surface area contributed by atoms with Crippen LogP contribution >= 0.6 is 0 Å². The van der Waals surface area contributed by atoms with E-state index in [4.69, 9.17) is 4.74 Å². The normalized spacial score (nSPS) is 10.4. The Balaban J connectivity index is 2.29. The highest BCUT2D eigenvalue weighted by molar-refractivity contribution is 5.97. The molecular formula is C17H21N3O3. The largest absolute Gasteiger partial charge is 0.462 e. The molecule has 23 heavy (non-hydrogen) atoms. The molecule has 0 aliphatic rings. The molecule has 0 fully saturated rings. The standard InChI is InChI=1S/C17H21N3O3/c1-4-23-17(22)13-10-14(12-8-6-5-7-9-12)18-15(13)19-20-16(21)11(2)3/h5-11,18-19H,4H2,1-3H3,(H,20,21). The first-order valence-electron chi connectivity index (χ1n) is 7.54. The van der Waals surface area contributed by atoms with Gasteiger partial charge in [0, 0.05) is 11.6 Å². The van der Waals surface area contributed by atoms with Gasteiger partial charge in [-0.3, -0.25) is 15.6 Å². The summed E-state index contributed by atoms with van der Waals surface area (Å²) >= 11 is 0. The van der Waals surface area contributed by atoms with Crippen LogP contribution in [0.5, 0.6) is 0 Å². The predicted molar refractivity (Wildman–Crippen MR) is 88.8 cm³/mol. The third kappa shape index (κ3) is 4.12. The lowest BCUT2D eigenvalue weighted by molar-refractivity contribution is -0.123. The number of H-pyrrole nitrogens is 1. The highest BCUT2D eigenvalue weighted by atomic mass is 16.5. The number of hydrogen-bond donors (Lipinski definition) is 3. The minimum absolute atomic E-state index is 0.169. The van der Waals surface area contributed by atoms with Gasteiger partial charge in [-0.1, -0.05) is 44.2 Å². The predicted octanol–water partition coefficient (Wildman–Crippen LogP) is 2.96. The Morgan fingerprint density at radius 3 is 2.52 bits per heavy atom. The van der Waals surface area contributed by atoms with Gasteiger partial charge < -0.3 is 9.72 Å². The summed E-state index contributed by atoms with van der Waals surface area (Å²) in [4.78, 5) is 26.9. The fourth-order valence-corrected chi connectivity index (χ4v) is 1.96. The van der Waals surface area contributed by atoms with Crippen molar-refractivity contribution in [3.63, 3.8) is 0 Å². The second kappa shape index (κ2) is 7.49. The molecule has 0 bridgehead atoms. The molecule has 0 saturated carbocycles. The molecule has 6 heteroatoms. The molecule has 0 atom stereocenters. The lowest BCUT2D eigenvalue weighted by Gasteiger charge is -2.10. The first-order chi connectivity index (χ1) is 11.0. The zero-order chi connectivity index (χ0) is 16.8. The fraction of sp³-hybridized carbons (Fsp3) is 0.294. The summed E-state index contributed by atoms with van der Waals surface area (Å²) in [5.74, 6) is -0.392. The zero-order valence-corrected chi connectivity index (χ0v) is 13.5. The summed E-state index contributed by atoms with van der Waals surface area (Å²) in [5.41, 5.74) is 7.37. The van der Waals surface area contributed by atoms with E-state index >= 15 is 0 Å². The minimum Gasteiger partial charge on any atom is -0.462 e. The van der Waals surface area contributed by atoms with Crippen LogP contribution < -0.4 is 10.9 Å². The van der Waals surface area contributed by atoms with E-state index in [-0.39, 0.29) is 18.4 Å². The second-order valence-electron chi connectivity index (χ2n) is 5.33. The number of ether oxygens (including phenoxy) is 1. The molecule has 6 nitrogen and oxygen atoms in total. The van der Waals surface area contributed by atoms with Crippen molar-refractivity contribution in [3.05, 3.63) is 42.0 Å². The summed E-state index contributed by atoms with van der Waals surface area (Å²) in [6.45, 7) is 5.60. The highest BCUT2D eigenvalue weighted by Gasteiger charge is 2.18. The van der Waals surface area contributed by atoms with Gasteiger partial charge in [0.1, 0.15) is 11.4 Å². The van der Waals surface area contributed by atoms with E-state index in [0.717, 1.165) is 11.3 Å². The number of hydrazine groups is 1. The van der Waals surface area contributed by atoms with Crippen molar-refractivity contribution in [2.75, 3.05) is 12.0 Å². The van der Waals surface area contributed by atoms with E-state index in [1.165, 1.54) is 0 Å². The molecule has 3 N–H and O–H groups in total. The van der Waals surface area contributed by atoms with Crippen LogP contribution in [0.15, 0.2) is 36.4 Å². The third-order valence-corrected chi connectivity index (χ3v) is 3.23. The summed E-state index contributed by atoms with van der Waals surface area (Å²) in [5, 5.41) is 0. The molecule has 1 aromatic carbocycles. The maximum absolute atomic E-state index is 12.1. The average Bonchev–Trinajstić information content (AvgIpc) is 2.98. The molecule has 0 saturated heterocycles. The van der Waals surface area contributed by atoms with Crippen molar-refractivity contribution in [2.45, 2.75) is 20.8 Å². The van der Waals surface area contributed by atoms with Crippen LogP contribution in [0.1, 0.15) is 31.1 Å². The zero-order valence-electron chi connectivity index (χ0n) is 13.5. The van der Waals surface area contributed by atoms with Crippen LogP contribution in [-0.2, 0) is 9.53 Å². The van der Waals surface area contributed by atoms with E-state index in [1.54, 1.807) is 26.8 Å². The monoisotopic (exact) mass is 315 g/mol. The van der Waals surface area contributed by atoms with Gasteiger partial charge in [-0.25, -0.2) is 4.79 Å². The molecule has 1 amide bonds. The Labute approximate surface area is 135 Å². The Morgan fingerprint density at radius 2 is 1.91 bits per heavy atom. The molecule has 2 aromatic rings. The van der Waals surface area contributed by atoms with Crippen LogP contribution in [0.4, 0.5) is 5.82 Å². The minimum atomic E-state index is -0.452. The number of anilines is 1. The van der Waals surface area contributed by atoms with Gasteiger partial charge in [0.05, 0.1) is 6.61 Å². The third-order valence-electron chi connectivity index (χ3n) is 3.23. The Morgan fingerprint density at radius 1 is 1.22 bits per heavy atom. The number of hydrogen-bond acceptors (Lipinski definition) is 4. The van der Waals surface area contributed by atoms with Crippen LogP contribution in [-0.4, -0.2) is 23.5 Å². The number of carbonyl (C=O) groups excluding carboxylic acids is 2. The summed E-state index contributed by atoms with van der Waals surface area (Å²) in [6, 6.07) is 11.3. The Hall–Kier alpha value is -2.76. The second-order valence-corrected chi connectivity index (χ2v) is 5.33. The maximum Gasteiger partial charge on any atom is 0.341 e. The van der Waals surface area contributed by atoms with Crippen molar-refractivity contribution in [1.82, 2.24) is 10.4 Å². The summed E-state index contributed by atoms with van der Waals surface area (Å²) in [6.07, 6.45) is 0. The van der Waals surface area contributed by atoms with Crippen molar-refractivity contribution in [3.8, 4) is 11.3 Å². The number of aromatic nitrogens is 1. The first-order valence-corrected chi connectivity index (χ1v) is 7.54. The quantitative estimate of drug-likeness (QED) is 0.565. The van der Waals surface area contributed by atoms with Gasteiger partial charge in [0.15, 0.2) is 0 Å². The van der Waals surface area contributed by atoms with Gasteiger partial charge >= 0.3 is 5.97 Å². The number of amides is 1. The number of rotatable bonds is 6. The molecule has 0 aliphatic carbocycles. The van der Waals surface area contributed by atoms with Crippen molar-refractivity contribution in [2.24, 2.45) is 5.92 Å².